The van der Waals surface area contributed by atoms with Crippen LogP contribution in [0.5, 0.6) is 17.2 Å². The first-order chi connectivity index (χ1) is 17.0. The molecule has 1 aliphatic heterocycles. The van der Waals surface area contributed by atoms with Crippen LogP contribution in [0.3, 0.4) is 0 Å². The number of esters is 1. The monoisotopic (exact) mass is 515 g/mol. The summed E-state index contributed by atoms with van der Waals surface area (Å²) in [6.07, 6.45) is 0.122. The summed E-state index contributed by atoms with van der Waals surface area (Å²) < 4.78 is 40.9. The van der Waals surface area contributed by atoms with Crippen molar-refractivity contribution in [3.8, 4) is 23.3 Å². The summed E-state index contributed by atoms with van der Waals surface area (Å²) in [5, 5.41) is 21.9. The second kappa shape index (κ2) is 10.8. The molecule has 0 radical (unpaired) electrons. The number of benzene rings is 2. The zero-order chi connectivity index (χ0) is 26.5. The van der Waals surface area contributed by atoms with Crippen molar-refractivity contribution in [3.05, 3.63) is 75.8 Å². The van der Waals surface area contributed by atoms with E-state index in [1.54, 1.807) is 30.3 Å². The van der Waals surface area contributed by atoms with Crippen molar-refractivity contribution in [2.24, 2.45) is 10.8 Å². The Morgan fingerprint density at radius 3 is 2.39 bits per heavy atom. The molecular weight excluding hydrogens is 494 g/mol. The summed E-state index contributed by atoms with van der Waals surface area (Å²) >= 11 is 0. The first-order valence-electron chi connectivity index (χ1n) is 10.3. The maximum absolute atomic E-state index is 12.3. The number of para-hydroxylation sites is 1. The number of nitrogens with two attached hydrogens (primary N) is 1. The van der Waals surface area contributed by atoms with E-state index in [4.69, 9.17) is 20.1 Å². The zero-order valence-electron chi connectivity index (χ0n) is 19.2. The predicted octanol–water partition coefficient (Wildman–Crippen LogP) is 2.09. The van der Waals surface area contributed by atoms with Crippen LogP contribution in [0.1, 0.15) is 18.9 Å². The topological polar surface area (TPSA) is 187 Å². The van der Waals surface area contributed by atoms with Gasteiger partial charge in [-0.05, 0) is 31.2 Å². The maximum atomic E-state index is 12.3. The van der Waals surface area contributed by atoms with Crippen molar-refractivity contribution in [1.82, 2.24) is 5.01 Å². The number of hydrazine groups is 1. The number of carbonyl (C=O) groups is 1. The molecule has 0 aromatic heterocycles. The number of hydrogen-bond acceptors (Lipinski definition) is 12. The van der Waals surface area contributed by atoms with Gasteiger partial charge in [-0.3, -0.25) is 14.9 Å². The van der Waals surface area contributed by atoms with E-state index in [-0.39, 0.29) is 23.7 Å². The van der Waals surface area contributed by atoms with Crippen molar-refractivity contribution in [1.29, 1.82) is 5.26 Å². The van der Waals surface area contributed by atoms with Crippen LogP contribution in [0.4, 0.5) is 0 Å². The minimum Gasteiger partial charge on any atom is -0.466 e. The quantitative estimate of drug-likeness (QED) is 0.223. The second-order valence-corrected chi connectivity index (χ2v) is 9.43. The number of sulfone groups is 1. The average molecular weight is 516 g/mol. The van der Waals surface area contributed by atoms with Crippen LogP contribution in [-0.2, 0) is 19.4 Å². The van der Waals surface area contributed by atoms with Gasteiger partial charge in [0.1, 0.15) is 23.0 Å². The largest absolute Gasteiger partial charge is 0.466 e. The highest BCUT2D eigenvalue weighted by molar-refractivity contribution is 7.91. The number of nitriles is 1. The lowest BCUT2D eigenvalue weighted by Gasteiger charge is -2.30. The van der Waals surface area contributed by atoms with Crippen molar-refractivity contribution < 1.29 is 32.3 Å². The molecule has 1 unspecified atom stereocenters. The predicted molar refractivity (Wildman–Crippen MR) is 126 cm³/mol. The Hall–Kier alpha value is -4.48. The Labute approximate surface area is 206 Å². The van der Waals surface area contributed by atoms with Gasteiger partial charge in [-0.1, -0.05) is 18.2 Å². The molecular formula is C22H21N5O8S. The first kappa shape index (κ1) is 26.1. The molecule has 13 nitrogen and oxygen atoms in total. The Morgan fingerprint density at radius 1 is 1.19 bits per heavy atom. The minimum atomic E-state index is -4.04. The van der Waals surface area contributed by atoms with Crippen LogP contribution in [0.15, 0.2) is 65.1 Å². The van der Waals surface area contributed by atoms with E-state index < -0.39 is 49.9 Å². The van der Waals surface area contributed by atoms with E-state index in [0.29, 0.717) is 10.8 Å². The number of nitro groups is 1. The SMILES string of the molecule is CCOC(=O)CC1=NC(S(C)(=O)=O)N(N)C(Oc2cc(C#N)cc(Oc3ccccc3)c2)=C1[N+](=O)[O-]. The molecule has 2 aromatic carbocycles. The number of allylic oxidation sites excluding steroid dienone is 1. The molecule has 36 heavy (non-hydrogen) atoms. The van der Waals surface area contributed by atoms with Crippen LogP contribution >= 0.6 is 0 Å². The standard InChI is InChI=1S/C22H21N5O8S/c1-3-33-19(28)12-18-20(27(29)30)21(26(24)22(25-18)36(2,31)32)35-17-10-14(13-23)9-16(11-17)34-15-7-5-4-6-8-15/h4-11,22H,3,12,24H2,1-2H3. The smallest absolute Gasteiger partial charge is 0.352 e. The van der Waals surface area contributed by atoms with E-state index >= 15 is 0 Å². The molecule has 14 heteroatoms. The summed E-state index contributed by atoms with van der Waals surface area (Å²) in [5.41, 5.74) is -3.07. The van der Waals surface area contributed by atoms with Gasteiger partial charge < -0.3 is 14.2 Å². The van der Waals surface area contributed by atoms with Gasteiger partial charge >= 0.3 is 11.7 Å². The lowest BCUT2D eigenvalue weighted by molar-refractivity contribution is -0.419. The van der Waals surface area contributed by atoms with Crippen LogP contribution in [-0.4, -0.2) is 48.4 Å². The van der Waals surface area contributed by atoms with Gasteiger partial charge in [0.05, 0.1) is 29.6 Å². The molecule has 0 saturated carbocycles. The molecule has 0 amide bonds. The number of rotatable bonds is 9. The fourth-order valence-corrected chi connectivity index (χ4v) is 3.98. The fraction of sp³-hybridized carbons (Fsp3) is 0.227. The third-order valence-electron chi connectivity index (χ3n) is 4.60. The van der Waals surface area contributed by atoms with Gasteiger partial charge in [0, 0.05) is 12.3 Å². The number of ether oxygens (including phenoxy) is 3. The Morgan fingerprint density at radius 2 is 1.83 bits per heavy atom. The van der Waals surface area contributed by atoms with Crippen molar-refractivity contribution >= 4 is 21.5 Å². The van der Waals surface area contributed by atoms with E-state index in [1.165, 1.54) is 25.1 Å². The number of aliphatic imine (C=N–C) groups is 1. The maximum Gasteiger partial charge on any atom is 0.352 e. The van der Waals surface area contributed by atoms with E-state index in [2.05, 4.69) is 4.99 Å². The van der Waals surface area contributed by atoms with Crippen LogP contribution in [0, 0.1) is 21.4 Å². The van der Waals surface area contributed by atoms with Crippen LogP contribution in [0.2, 0.25) is 0 Å². The van der Waals surface area contributed by atoms with E-state index in [1.807, 2.05) is 6.07 Å². The van der Waals surface area contributed by atoms with Gasteiger partial charge in [0.2, 0.25) is 5.50 Å². The first-order valence-corrected chi connectivity index (χ1v) is 12.3. The molecule has 2 aromatic rings. The Bertz CT molecular complexity index is 1380. The van der Waals surface area contributed by atoms with E-state index in [0.717, 1.165) is 6.26 Å². The molecule has 0 saturated heterocycles. The summed E-state index contributed by atoms with van der Waals surface area (Å²) in [6, 6.07) is 14.5. The summed E-state index contributed by atoms with van der Waals surface area (Å²) in [6.45, 7) is 1.54. The molecule has 0 fully saturated rings. The number of nitrogens with zero attached hydrogens (tertiary/aromatic N) is 4. The summed E-state index contributed by atoms with van der Waals surface area (Å²) in [7, 11) is -4.04. The van der Waals surface area contributed by atoms with Gasteiger partial charge in [0.15, 0.2) is 9.84 Å². The third kappa shape index (κ3) is 6.14. The van der Waals surface area contributed by atoms with Crippen molar-refractivity contribution in [3.63, 3.8) is 0 Å². The molecule has 1 aliphatic rings. The lowest BCUT2D eigenvalue weighted by atomic mass is 10.2. The molecule has 0 spiro atoms. The zero-order valence-corrected chi connectivity index (χ0v) is 20.0. The molecule has 0 aliphatic carbocycles. The highest BCUT2D eigenvalue weighted by Gasteiger charge is 2.43. The molecule has 1 heterocycles. The van der Waals surface area contributed by atoms with Gasteiger partial charge in [-0.2, -0.15) is 5.26 Å². The molecule has 0 bridgehead atoms. The fourth-order valence-electron chi connectivity index (χ4n) is 3.16. The highest BCUT2D eigenvalue weighted by atomic mass is 32.2. The second-order valence-electron chi connectivity index (χ2n) is 7.35. The molecule has 188 valence electrons. The van der Waals surface area contributed by atoms with Crippen molar-refractivity contribution in [2.75, 3.05) is 12.9 Å². The molecule has 1 atom stereocenters. The average Bonchev–Trinajstić information content (AvgIpc) is 2.80. The Kier molecular flexibility index (Phi) is 7.87. The number of carbonyl (C=O) groups excluding carboxylic acids is 1. The van der Waals surface area contributed by atoms with Crippen LogP contribution < -0.4 is 15.3 Å². The number of hydrogen-bond donors (Lipinski definition) is 1. The highest BCUT2D eigenvalue weighted by Crippen LogP contribution is 2.31. The third-order valence-corrected chi connectivity index (χ3v) is 5.70. The van der Waals surface area contributed by atoms with Gasteiger partial charge in [-0.15, -0.1) is 0 Å². The minimum absolute atomic E-state index is 0.00333. The Balaban J connectivity index is 2.10. The summed E-state index contributed by atoms with van der Waals surface area (Å²) in [4.78, 5) is 26.9. The van der Waals surface area contributed by atoms with Crippen molar-refractivity contribution in [2.45, 2.75) is 18.8 Å². The normalized spacial score (nSPS) is 15.6. The lowest BCUT2D eigenvalue weighted by Crippen LogP contribution is -2.50. The van der Waals surface area contributed by atoms with Crippen LogP contribution in [0.25, 0.3) is 0 Å². The van der Waals surface area contributed by atoms with Gasteiger partial charge in [0.25, 0.3) is 5.88 Å². The summed E-state index contributed by atoms with van der Waals surface area (Å²) in [5.74, 6) is 4.85. The van der Waals surface area contributed by atoms with E-state index in [9.17, 15) is 28.6 Å². The van der Waals surface area contributed by atoms with Gasteiger partial charge in [-0.25, -0.2) is 24.3 Å². The molecule has 3 rings (SSSR count). The molecule has 2 N–H and O–H groups in total.